The van der Waals surface area contributed by atoms with E-state index >= 15 is 0 Å². The summed E-state index contributed by atoms with van der Waals surface area (Å²) in [5.41, 5.74) is 6.03. The molecule has 1 amide bonds. The summed E-state index contributed by atoms with van der Waals surface area (Å²) in [6.45, 7) is 0.351. The monoisotopic (exact) mass is 635 g/mol. The van der Waals surface area contributed by atoms with Gasteiger partial charge in [0, 0.05) is 31.4 Å². The molecule has 0 spiro atoms. The first-order chi connectivity index (χ1) is 19.7. The number of aromatic nitrogens is 2. The minimum atomic E-state index is -4.87. The number of nitrogens with zero attached hydrogens (tertiary/aromatic N) is 3. The number of aliphatic hydroxyl groups is 2. The highest BCUT2D eigenvalue weighted by Gasteiger charge is 2.45. The summed E-state index contributed by atoms with van der Waals surface area (Å²) in [4.78, 5) is 57.9. The Kier molecular flexibility index (Phi) is 11.8. The Bertz CT molecular complexity index is 1440. The molecular weight excluding hydrogens is 600 g/mol. The standard InChI is InChI=1S/C23H35N5O12P2/c1-27-18(26-38-12-15-4-6-16(7-5-15)21(31)25-10-3-2-9-24)8-11-28(23(27)32)22-20(30)19(29)17(40-22)13-39-42(36,37)14-41(33,34)35/h4-8,11,17,19-20,22,29-30H,2-3,9-10,12-14,24H2,1H3,(H,25,31)(H,36,37)(H2,33,34,35)/t17-,19-,20-,22-/m1/s1. The molecule has 1 aliphatic rings. The Hall–Kier alpha value is -2.69. The lowest BCUT2D eigenvalue weighted by Gasteiger charge is -2.19. The van der Waals surface area contributed by atoms with Crippen molar-refractivity contribution in [1.29, 1.82) is 0 Å². The van der Waals surface area contributed by atoms with E-state index in [1.165, 1.54) is 19.3 Å². The normalized spacial score (nSPS) is 22.6. The summed E-state index contributed by atoms with van der Waals surface area (Å²) in [6.07, 6.45) is -3.25. The average Bonchev–Trinajstić information content (AvgIpc) is 3.20. The van der Waals surface area contributed by atoms with Crippen molar-refractivity contribution < 1.29 is 52.9 Å². The molecule has 2 heterocycles. The number of rotatable bonds is 14. The summed E-state index contributed by atoms with van der Waals surface area (Å²) in [7, 11) is -8.22. The Morgan fingerprint density at radius 2 is 1.81 bits per heavy atom. The topological polar surface area (TPSA) is 257 Å². The molecule has 3 rings (SSSR count). The van der Waals surface area contributed by atoms with Crippen molar-refractivity contribution in [1.82, 2.24) is 14.5 Å². The molecule has 5 atom stereocenters. The average molecular weight is 636 g/mol. The molecule has 42 heavy (non-hydrogen) atoms. The van der Waals surface area contributed by atoms with Gasteiger partial charge in [-0.1, -0.05) is 17.3 Å². The zero-order valence-corrected chi connectivity index (χ0v) is 24.4. The molecule has 17 nitrogen and oxygen atoms in total. The molecule has 0 radical (unpaired) electrons. The number of amides is 1. The highest BCUT2D eigenvalue weighted by Crippen LogP contribution is 2.55. The summed E-state index contributed by atoms with van der Waals surface area (Å²) in [5, 5.41) is 27.5. The van der Waals surface area contributed by atoms with E-state index in [0.29, 0.717) is 24.2 Å². The van der Waals surface area contributed by atoms with Crippen LogP contribution in [0.2, 0.25) is 0 Å². The lowest BCUT2D eigenvalue weighted by molar-refractivity contribution is -0.0530. The van der Waals surface area contributed by atoms with Gasteiger partial charge in [-0.05, 0) is 37.1 Å². The molecule has 234 valence electrons. The first-order valence-electron chi connectivity index (χ1n) is 12.8. The molecule has 8 N–H and O–H groups in total. The summed E-state index contributed by atoms with van der Waals surface area (Å²) in [5.74, 6) is -1.64. The molecule has 1 aliphatic heterocycles. The van der Waals surface area contributed by atoms with E-state index < -0.39 is 57.9 Å². The molecule has 1 unspecified atom stereocenters. The van der Waals surface area contributed by atoms with Crippen molar-refractivity contribution in [2.24, 2.45) is 17.9 Å². The van der Waals surface area contributed by atoms with Gasteiger partial charge >= 0.3 is 20.9 Å². The van der Waals surface area contributed by atoms with Crippen LogP contribution >= 0.6 is 15.2 Å². The van der Waals surface area contributed by atoms with Crippen molar-refractivity contribution >= 4 is 21.1 Å². The zero-order valence-electron chi connectivity index (χ0n) is 22.6. The van der Waals surface area contributed by atoms with Gasteiger partial charge in [0.15, 0.2) is 17.6 Å². The second-order valence-electron chi connectivity index (χ2n) is 9.52. The Labute approximate surface area is 239 Å². The lowest BCUT2D eigenvalue weighted by Crippen LogP contribution is -2.42. The van der Waals surface area contributed by atoms with Crippen LogP contribution in [0.1, 0.15) is 35.0 Å². The maximum atomic E-state index is 12.9. The lowest BCUT2D eigenvalue weighted by atomic mass is 10.1. The predicted molar refractivity (Wildman–Crippen MR) is 146 cm³/mol. The van der Waals surface area contributed by atoms with E-state index in [4.69, 9.17) is 25.1 Å². The number of carbonyl (C=O) groups is 1. The maximum Gasteiger partial charge on any atom is 0.340 e. The van der Waals surface area contributed by atoms with E-state index in [1.54, 1.807) is 24.3 Å². The van der Waals surface area contributed by atoms with Crippen LogP contribution in [0.25, 0.3) is 0 Å². The first-order valence-corrected chi connectivity index (χ1v) is 16.3. The van der Waals surface area contributed by atoms with E-state index in [1.807, 2.05) is 0 Å². The van der Waals surface area contributed by atoms with Gasteiger partial charge < -0.3 is 50.0 Å². The summed E-state index contributed by atoms with van der Waals surface area (Å²) >= 11 is 0. The van der Waals surface area contributed by atoms with Crippen molar-refractivity contribution in [3.8, 4) is 0 Å². The third-order valence-corrected chi connectivity index (χ3v) is 9.63. The van der Waals surface area contributed by atoms with Crippen LogP contribution in [0.15, 0.2) is 46.5 Å². The summed E-state index contributed by atoms with van der Waals surface area (Å²) < 4.78 is 35.1. The van der Waals surface area contributed by atoms with Crippen LogP contribution in [-0.4, -0.2) is 83.8 Å². The van der Waals surface area contributed by atoms with Crippen molar-refractivity contribution in [2.75, 3.05) is 25.6 Å². The molecule has 0 saturated carbocycles. The van der Waals surface area contributed by atoms with Crippen LogP contribution in [0, 0.1) is 0 Å². The third kappa shape index (κ3) is 9.41. The van der Waals surface area contributed by atoms with Crippen LogP contribution < -0.4 is 22.2 Å². The second-order valence-corrected chi connectivity index (χ2v) is 13.5. The van der Waals surface area contributed by atoms with Crippen LogP contribution in [-0.2, 0) is 36.9 Å². The molecule has 1 aromatic heterocycles. The Balaban J connectivity index is 1.61. The van der Waals surface area contributed by atoms with Gasteiger partial charge in [-0.2, -0.15) is 0 Å². The molecular formula is C23H35N5O12P2. The number of hydrogen-bond acceptors (Lipinski definition) is 11. The third-order valence-electron chi connectivity index (χ3n) is 6.17. The minimum absolute atomic E-state index is 0.0382. The van der Waals surface area contributed by atoms with Crippen molar-refractivity contribution in [3.63, 3.8) is 0 Å². The number of aliphatic hydroxyl groups excluding tert-OH is 2. The molecule has 1 aromatic carbocycles. The smallest absolute Gasteiger partial charge is 0.340 e. The van der Waals surface area contributed by atoms with Gasteiger partial charge in [0.2, 0.25) is 0 Å². The fourth-order valence-corrected chi connectivity index (χ4v) is 6.51. The highest BCUT2D eigenvalue weighted by atomic mass is 31.2. The molecule has 0 bridgehead atoms. The van der Waals surface area contributed by atoms with E-state index in [-0.39, 0.29) is 18.0 Å². The fraction of sp³-hybridized carbons (Fsp3) is 0.522. The van der Waals surface area contributed by atoms with Crippen LogP contribution in [0.5, 0.6) is 0 Å². The summed E-state index contributed by atoms with van der Waals surface area (Å²) in [6, 6.07) is 8.08. The molecule has 19 heteroatoms. The number of benzene rings is 1. The number of ether oxygens (including phenoxy) is 1. The van der Waals surface area contributed by atoms with Gasteiger partial charge in [0.25, 0.3) is 5.91 Å². The maximum absolute atomic E-state index is 12.9. The largest absolute Gasteiger partial charge is 0.389 e. The van der Waals surface area contributed by atoms with E-state index in [9.17, 15) is 33.8 Å². The van der Waals surface area contributed by atoms with E-state index in [0.717, 1.165) is 22.0 Å². The molecule has 0 aliphatic carbocycles. The van der Waals surface area contributed by atoms with Gasteiger partial charge in [0.1, 0.15) is 24.9 Å². The van der Waals surface area contributed by atoms with Gasteiger partial charge in [-0.3, -0.25) is 23.1 Å². The number of nitrogens with two attached hydrogens (primary N) is 1. The second kappa shape index (κ2) is 14.7. The number of nitrogens with one attached hydrogen (secondary N) is 1. The molecule has 1 saturated heterocycles. The Morgan fingerprint density at radius 3 is 2.45 bits per heavy atom. The van der Waals surface area contributed by atoms with Gasteiger partial charge in [-0.15, -0.1) is 0 Å². The Morgan fingerprint density at radius 1 is 1.12 bits per heavy atom. The first kappa shape index (κ1) is 33.8. The van der Waals surface area contributed by atoms with Crippen molar-refractivity contribution in [3.05, 3.63) is 63.6 Å². The van der Waals surface area contributed by atoms with Crippen LogP contribution in [0.4, 0.5) is 0 Å². The van der Waals surface area contributed by atoms with Gasteiger partial charge in [0.05, 0.1) is 6.61 Å². The number of carbonyl (C=O) groups excluding carboxylic acids is 1. The minimum Gasteiger partial charge on any atom is -0.389 e. The van der Waals surface area contributed by atoms with Crippen LogP contribution in [0.3, 0.4) is 0 Å². The number of unbranched alkanes of at least 4 members (excludes halogenated alkanes) is 1. The predicted octanol–water partition coefficient (Wildman–Crippen LogP) is -1.36. The highest BCUT2D eigenvalue weighted by molar-refractivity contribution is 7.70. The quantitative estimate of drug-likeness (QED) is 0.0720. The fourth-order valence-electron chi connectivity index (χ4n) is 3.94. The molecule has 2 aromatic rings. The number of hydrogen-bond donors (Lipinski definition) is 7. The van der Waals surface area contributed by atoms with Gasteiger partial charge in [-0.25, -0.2) is 4.79 Å². The van der Waals surface area contributed by atoms with E-state index in [2.05, 4.69) is 15.0 Å². The van der Waals surface area contributed by atoms with Crippen molar-refractivity contribution in [2.45, 2.75) is 44.0 Å². The SMILES string of the molecule is Cn1c(=NOCc2ccc(C(=O)NCCCCN)cc2)ccn([C@@H]2O[C@H](COP(=O)(O)CP(=O)(O)O)[C@@H](O)[C@H]2O)c1=O. The zero-order chi connectivity index (χ0) is 31.1. The molecule has 1 fully saturated rings.